The van der Waals surface area contributed by atoms with E-state index in [1.165, 1.54) is 0 Å². The minimum Gasteiger partial charge on any atom is -0.478 e. The number of nitrogens with two attached hydrogens (primary N) is 1. The Hall–Kier alpha value is -3.93. The first-order chi connectivity index (χ1) is 14.9. The number of aromatic carboxylic acids is 1. The van der Waals surface area contributed by atoms with Gasteiger partial charge in [-0.25, -0.2) is 4.79 Å². The number of nitrogen functional groups attached to an aromatic ring is 1. The zero-order valence-electron chi connectivity index (χ0n) is 17.4. The van der Waals surface area contributed by atoms with E-state index in [-0.39, 0.29) is 17.3 Å². The maximum atomic E-state index is 11.9. The predicted molar refractivity (Wildman–Crippen MR) is 123 cm³/mol. The number of carboxylic acids is 1. The van der Waals surface area contributed by atoms with Gasteiger partial charge >= 0.3 is 5.97 Å². The Morgan fingerprint density at radius 2 is 1.94 bits per heavy atom. The molecule has 5 N–H and O–H groups in total. The van der Waals surface area contributed by atoms with Crippen molar-refractivity contribution >= 4 is 22.7 Å². The highest BCUT2D eigenvalue weighted by molar-refractivity contribution is 5.99. The number of nitrogens with one attached hydrogen (secondary N) is 2. The highest BCUT2D eigenvalue weighted by atomic mass is 16.4. The lowest BCUT2D eigenvalue weighted by Gasteiger charge is -2.20. The molecular formula is C25H24N4O2. The van der Waals surface area contributed by atoms with E-state index in [2.05, 4.69) is 16.9 Å². The van der Waals surface area contributed by atoms with Crippen molar-refractivity contribution in [1.29, 1.82) is 5.41 Å². The van der Waals surface area contributed by atoms with E-state index in [9.17, 15) is 9.90 Å². The molecule has 6 heteroatoms. The van der Waals surface area contributed by atoms with Crippen LogP contribution in [0.25, 0.3) is 22.2 Å². The molecule has 4 aromatic rings. The number of fused-ring (bicyclic) bond motifs is 1. The fourth-order valence-electron chi connectivity index (χ4n) is 4.16. The SMILES string of the molecule is CCC(c1ccccc1-c1nc(C)ccc1C(=O)O)c1c[nH]c2cc(C(=N)N)ccc12. The van der Waals surface area contributed by atoms with Crippen LogP contribution >= 0.6 is 0 Å². The van der Waals surface area contributed by atoms with E-state index in [0.29, 0.717) is 11.3 Å². The molecule has 0 spiro atoms. The Balaban J connectivity index is 1.90. The molecule has 0 saturated heterocycles. The summed E-state index contributed by atoms with van der Waals surface area (Å²) in [7, 11) is 0. The third kappa shape index (κ3) is 3.68. The number of carbonyl (C=O) groups is 1. The second-order valence-electron chi connectivity index (χ2n) is 7.62. The molecule has 1 unspecified atom stereocenters. The maximum absolute atomic E-state index is 11.9. The van der Waals surface area contributed by atoms with E-state index in [1.807, 2.05) is 55.6 Å². The molecule has 2 aromatic carbocycles. The zero-order chi connectivity index (χ0) is 22.1. The first-order valence-corrected chi connectivity index (χ1v) is 10.2. The summed E-state index contributed by atoms with van der Waals surface area (Å²) in [5.41, 5.74) is 11.6. The molecule has 31 heavy (non-hydrogen) atoms. The summed E-state index contributed by atoms with van der Waals surface area (Å²) < 4.78 is 0. The number of aromatic amines is 1. The molecule has 2 heterocycles. The molecule has 4 rings (SSSR count). The van der Waals surface area contributed by atoms with Crippen molar-refractivity contribution < 1.29 is 9.90 Å². The number of hydrogen-bond donors (Lipinski definition) is 4. The molecule has 2 aromatic heterocycles. The second-order valence-corrected chi connectivity index (χ2v) is 7.62. The first kappa shape index (κ1) is 20.3. The molecule has 6 nitrogen and oxygen atoms in total. The molecule has 0 saturated carbocycles. The summed E-state index contributed by atoms with van der Waals surface area (Å²) in [4.78, 5) is 19.8. The lowest BCUT2D eigenvalue weighted by Crippen LogP contribution is -2.10. The minimum absolute atomic E-state index is 0.0298. The third-order valence-corrected chi connectivity index (χ3v) is 5.66. The Morgan fingerprint density at radius 1 is 1.16 bits per heavy atom. The predicted octanol–water partition coefficient (Wildman–Crippen LogP) is 5.06. The van der Waals surface area contributed by atoms with Gasteiger partial charge in [0.25, 0.3) is 0 Å². The molecule has 0 bridgehead atoms. The van der Waals surface area contributed by atoms with Crippen molar-refractivity contribution in [3.8, 4) is 11.3 Å². The number of nitrogens with zero attached hydrogens (tertiary/aromatic N) is 1. The Kier molecular flexibility index (Phi) is 5.29. The molecule has 156 valence electrons. The number of pyridine rings is 1. The fourth-order valence-corrected chi connectivity index (χ4v) is 4.16. The first-order valence-electron chi connectivity index (χ1n) is 10.2. The van der Waals surface area contributed by atoms with Crippen LogP contribution in [0, 0.1) is 12.3 Å². The lowest BCUT2D eigenvalue weighted by molar-refractivity contribution is 0.0697. The van der Waals surface area contributed by atoms with Crippen LogP contribution in [0.1, 0.15) is 52.0 Å². The van der Waals surface area contributed by atoms with Crippen LogP contribution < -0.4 is 5.73 Å². The zero-order valence-corrected chi connectivity index (χ0v) is 17.4. The highest BCUT2D eigenvalue weighted by Gasteiger charge is 2.23. The fraction of sp³-hybridized carbons (Fsp3) is 0.160. The van der Waals surface area contributed by atoms with Crippen LogP contribution in [-0.4, -0.2) is 26.9 Å². The van der Waals surface area contributed by atoms with Gasteiger partial charge in [-0.2, -0.15) is 0 Å². The van der Waals surface area contributed by atoms with Crippen LogP contribution in [0.3, 0.4) is 0 Å². The summed E-state index contributed by atoms with van der Waals surface area (Å²) in [6.45, 7) is 3.98. The second kappa shape index (κ2) is 8.07. The summed E-state index contributed by atoms with van der Waals surface area (Å²) in [5.74, 6) is -0.923. The lowest BCUT2D eigenvalue weighted by atomic mass is 9.84. The number of rotatable bonds is 6. The van der Waals surface area contributed by atoms with Crippen molar-refractivity contribution in [3.05, 3.63) is 88.7 Å². The van der Waals surface area contributed by atoms with E-state index in [4.69, 9.17) is 11.1 Å². The molecule has 0 amide bonds. The third-order valence-electron chi connectivity index (χ3n) is 5.66. The van der Waals surface area contributed by atoms with Gasteiger partial charge in [-0.05, 0) is 42.7 Å². The van der Waals surface area contributed by atoms with E-state index in [1.54, 1.807) is 12.1 Å². The van der Waals surface area contributed by atoms with Crippen LogP contribution in [0.15, 0.2) is 60.8 Å². The van der Waals surface area contributed by atoms with Crippen LogP contribution in [0.2, 0.25) is 0 Å². The summed E-state index contributed by atoms with van der Waals surface area (Å²) in [6.07, 6.45) is 2.81. The molecule has 0 radical (unpaired) electrons. The average Bonchev–Trinajstić information content (AvgIpc) is 3.17. The van der Waals surface area contributed by atoms with Gasteiger partial charge in [-0.1, -0.05) is 43.3 Å². The van der Waals surface area contributed by atoms with E-state index < -0.39 is 5.97 Å². The quantitative estimate of drug-likeness (QED) is 0.261. The smallest absolute Gasteiger partial charge is 0.337 e. The largest absolute Gasteiger partial charge is 0.478 e. The molecule has 0 aliphatic carbocycles. The number of aryl methyl sites for hydroxylation is 1. The van der Waals surface area contributed by atoms with Crippen LogP contribution in [0.4, 0.5) is 0 Å². The van der Waals surface area contributed by atoms with Crippen molar-refractivity contribution in [2.45, 2.75) is 26.2 Å². The van der Waals surface area contributed by atoms with Crippen molar-refractivity contribution in [2.24, 2.45) is 5.73 Å². The highest BCUT2D eigenvalue weighted by Crippen LogP contribution is 2.39. The van der Waals surface area contributed by atoms with Gasteiger partial charge in [0.15, 0.2) is 0 Å². The van der Waals surface area contributed by atoms with Gasteiger partial charge in [-0.15, -0.1) is 0 Å². The summed E-state index contributed by atoms with van der Waals surface area (Å²) in [5, 5.41) is 18.5. The Labute approximate surface area is 180 Å². The number of carboxylic acid groups (broad SMARTS) is 1. The van der Waals surface area contributed by atoms with E-state index in [0.717, 1.165) is 39.7 Å². The van der Waals surface area contributed by atoms with Gasteiger partial charge in [0.05, 0.1) is 11.3 Å². The molecular weight excluding hydrogens is 388 g/mol. The average molecular weight is 412 g/mol. The number of benzene rings is 2. The van der Waals surface area contributed by atoms with Gasteiger partial charge in [0.1, 0.15) is 5.84 Å². The topological polar surface area (TPSA) is 116 Å². The minimum atomic E-state index is -0.991. The molecule has 0 fully saturated rings. The Morgan fingerprint density at radius 3 is 2.65 bits per heavy atom. The van der Waals surface area contributed by atoms with Gasteiger partial charge in [0.2, 0.25) is 0 Å². The standard InChI is InChI=1S/C25H24N4O2/c1-3-16(21-13-28-22-12-15(24(26)27)9-11-18(21)22)17-6-4-5-7-19(17)23-20(25(30)31)10-8-14(2)29-23/h4-13,16,28H,3H2,1-2H3,(H3,26,27)(H,30,31). The summed E-state index contributed by atoms with van der Waals surface area (Å²) in [6, 6.07) is 16.9. The van der Waals surface area contributed by atoms with Gasteiger partial charge in [-0.3, -0.25) is 10.4 Å². The number of hydrogen-bond acceptors (Lipinski definition) is 3. The van der Waals surface area contributed by atoms with E-state index >= 15 is 0 Å². The van der Waals surface area contributed by atoms with Crippen LogP contribution in [-0.2, 0) is 0 Å². The molecule has 0 aliphatic heterocycles. The normalized spacial score (nSPS) is 12.1. The van der Waals surface area contributed by atoms with Crippen molar-refractivity contribution in [3.63, 3.8) is 0 Å². The Bertz CT molecular complexity index is 1310. The maximum Gasteiger partial charge on any atom is 0.337 e. The number of aromatic nitrogens is 2. The van der Waals surface area contributed by atoms with Crippen molar-refractivity contribution in [2.75, 3.05) is 0 Å². The molecule has 1 atom stereocenters. The van der Waals surface area contributed by atoms with Gasteiger partial charge in [0, 0.05) is 39.8 Å². The summed E-state index contributed by atoms with van der Waals surface area (Å²) >= 11 is 0. The molecule has 0 aliphatic rings. The van der Waals surface area contributed by atoms with Crippen molar-refractivity contribution in [1.82, 2.24) is 9.97 Å². The number of amidine groups is 1. The monoisotopic (exact) mass is 412 g/mol. The van der Waals surface area contributed by atoms with Crippen LogP contribution in [0.5, 0.6) is 0 Å². The number of H-pyrrole nitrogens is 1. The van der Waals surface area contributed by atoms with Gasteiger partial charge < -0.3 is 15.8 Å².